The van der Waals surface area contributed by atoms with Crippen LogP contribution in [0.3, 0.4) is 0 Å². The van der Waals surface area contributed by atoms with Crippen molar-refractivity contribution in [1.29, 1.82) is 0 Å². The van der Waals surface area contributed by atoms with E-state index in [1.54, 1.807) is 7.11 Å². The first-order valence-electron chi connectivity index (χ1n) is 5.66. The van der Waals surface area contributed by atoms with Crippen molar-refractivity contribution < 1.29 is 4.74 Å². The lowest BCUT2D eigenvalue weighted by Crippen LogP contribution is -1.87. The number of ether oxygens (including phenoxy) is 1. The van der Waals surface area contributed by atoms with E-state index >= 15 is 0 Å². The van der Waals surface area contributed by atoms with Gasteiger partial charge in [0.05, 0.1) is 18.0 Å². The molecule has 0 aliphatic carbocycles. The molecule has 3 aromatic rings. The molecule has 90 valence electrons. The van der Waals surface area contributed by atoms with Gasteiger partial charge in [0.1, 0.15) is 11.4 Å². The minimum Gasteiger partial charge on any atom is -0.497 e. The second kappa shape index (κ2) is 4.07. The van der Waals surface area contributed by atoms with Gasteiger partial charge in [0, 0.05) is 11.3 Å². The number of H-pyrrole nitrogens is 1. The van der Waals surface area contributed by atoms with Gasteiger partial charge < -0.3 is 10.5 Å². The van der Waals surface area contributed by atoms with Crippen LogP contribution in [0.2, 0.25) is 0 Å². The monoisotopic (exact) mass is 239 g/mol. The Labute approximate surface area is 104 Å². The minimum absolute atomic E-state index is 0.729. The first-order valence-corrected chi connectivity index (χ1v) is 5.66. The van der Waals surface area contributed by atoms with Gasteiger partial charge in [-0.25, -0.2) is 0 Å². The Morgan fingerprint density at radius 2 is 1.89 bits per heavy atom. The fourth-order valence-electron chi connectivity index (χ4n) is 2.06. The Bertz CT molecular complexity index is 686. The summed E-state index contributed by atoms with van der Waals surface area (Å²) in [5.74, 6) is 0.826. The van der Waals surface area contributed by atoms with Gasteiger partial charge in [0.15, 0.2) is 0 Å². The molecule has 0 bridgehead atoms. The number of nitrogens with zero attached hydrogens (tertiary/aromatic N) is 1. The fraction of sp³-hybridized carbons (Fsp3) is 0.0714. The van der Waals surface area contributed by atoms with Crippen molar-refractivity contribution in [3.05, 3.63) is 42.5 Å². The van der Waals surface area contributed by atoms with E-state index in [2.05, 4.69) is 10.2 Å². The number of rotatable bonds is 2. The summed E-state index contributed by atoms with van der Waals surface area (Å²) in [6, 6.07) is 13.5. The first-order chi connectivity index (χ1) is 8.79. The van der Waals surface area contributed by atoms with Gasteiger partial charge in [-0.3, -0.25) is 5.10 Å². The maximum Gasteiger partial charge on any atom is 0.118 e. The van der Waals surface area contributed by atoms with Crippen LogP contribution in [0.1, 0.15) is 0 Å². The Kier molecular flexibility index (Phi) is 2.41. The fourth-order valence-corrected chi connectivity index (χ4v) is 2.06. The van der Waals surface area contributed by atoms with Crippen LogP contribution in [0.5, 0.6) is 5.75 Å². The third-order valence-corrected chi connectivity index (χ3v) is 2.99. The van der Waals surface area contributed by atoms with Gasteiger partial charge in [-0.2, -0.15) is 5.10 Å². The Balaban J connectivity index is 2.18. The smallest absolute Gasteiger partial charge is 0.118 e. The highest BCUT2D eigenvalue weighted by Gasteiger charge is 2.10. The predicted molar refractivity (Wildman–Crippen MR) is 72.5 cm³/mol. The lowest BCUT2D eigenvalue weighted by Gasteiger charge is -2.02. The maximum atomic E-state index is 6.01. The summed E-state index contributed by atoms with van der Waals surface area (Å²) < 4.78 is 5.14. The van der Waals surface area contributed by atoms with E-state index in [-0.39, 0.29) is 0 Å². The molecule has 4 heteroatoms. The van der Waals surface area contributed by atoms with E-state index in [4.69, 9.17) is 10.5 Å². The van der Waals surface area contributed by atoms with E-state index in [0.717, 1.165) is 33.6 Å². The molecule has 0 fully saturated rings. The molecular formula is C14H13N3O. The summed E-state index contributed by atoms with van der Waals surface area (Å²) in [5, 5.41) is 8.29. The van der Waals surface area contributed by atoms with Crippen molar-refractivity contribution in [3.8, 4) is 17.0 Å². The number of nitrogen functional groups attached to an aromatic ring is 1. The quantitative estimate of drug-likeness (QED) is 0.676. The number of aromatic nitrogens is 2. The Morgan fingerprint density at radius 1 is 1.11 bits per heavy atom. The molecule has 3 rings (SSSR count). The second-order valence-corrected chi connectivity index (χ2v) is 4.07. The highest BCUT2D eigenvalue weighted by Crippen LogP contribution is 2.31. The van der Waals surface area contributed by atoms with Crippen molar-refractivity contribution in [3.63, 3.8) is 0 Å². The van der Waals surface area contributed by atoms with E-state index in [0.29, 0.717) is 0 Å². The SMILES string of the molecule is COc1ccc(-c2n[nH]c3cccc(N)c23)cc1. The maximum absolute atomic E-state index is 6.01. The van der Waals surface area contributed by atoms with Crippen molar-refractivity contribution in [2.75, 3.05) is 12.8 Å². The summed E-state index contributed by atoms with van der Waals surface area (Å²) >= 11 is 0. The van der Waals surface area contributed by atoms with E-state index in [9.17, 15) is 0 Å². The zero-order valence-corrected chi connectivity index (χ0v) is 9.97. The van der Waals surface area contributed by atoms with Gasteiger partial charge in [-0.05, 0) is 36.4 Å². The lowest BCUT2D eigenvalue weighted by molar-refractivity contribution is 0.415. The topological polar surface area (TPSA) is 63.9 Å². The van der Waals surface area contributed by atoms with Gasteiger partial charge in [0.25, 0.3) is 0 Å². The third kappa shape index (κ3) is 1.59. The van der Waals surface area contributed by atoms with Crippen molar-refractivity contribution in [1.82, 2.24) is 10.2 Å². The lowest BCUT2D eigenvalue weighted by atomic mass is 10.1. The van der Waals surface area contributed by atoms with E-state index < -0.39 is 0 Å². The minimum atomic E-state index is 0.729. The Morgan fingerprint density at radius 3 is 2.61 bits per heavy atom. The average molecular weight is 239 g/mol. The summed E-state index contributed by atoms with van der Waals surface area (Å²) in [7, 11) is 1.65. The van der Waals surface area contributed by atoms with Gasteiger partial charge in [0.2, 0.25) is 0 Å². The van der Waals surface area contributed by atoms with Crippen LogP contribution in [0.25, 0.3) is 22.2 Å². The van der Waals surface area contributed by atoms with Crippen LogP contribution >= 0.6 is 0 Å². The van der Waals surface area contributed by atoms with E-state index in [1.807, 2.05) is 42.5 Å². The van der Waals surface area contributed by atoms with Crippen LogP contribution in [0.4, 0.5) is 5.69 Å². The number of nitrogens with two attached hydrogens (primary N) is 1. The molecule has 0 aliphatic rings. The molecule has 0 unspecified atom stereocenters. The van der Waals surface area contributed by atoms with Crippen LogP contribution in [0, 0.1) is 0 Å². The third-order valence-electron chi connectivity index (χ3n) is 2.99. The number of fused-ring (bicyclic) bond motifs is 1. The van der Waals surface area contributed by atoms with Gasteiger partial charge >= 0.3 is 0 Å². The molecule has 0 aliphatic heterocycles. The second-order valence-electron chi connectivity index (χ2n) is 4.07. The van der Waals surface area contributed by atoms with Crippen molar-refractivity contribution in [2.45, 2.75) is 0 Å². The summed E-state index contributed by atoms with van der Waals surface area (Å²) in [6.45, 7) is 0. The summed E-state index contributed by atoms with van der Waals surface area (Å²) in [4.78, 5) is 0. The van der Waals surface area contributed by atoms with Crippen LogP contribution in [-0.2, 0) is 0 Å². The molecule has 0 atom stereocenters. The highest BCUT2D eigenvalue weighted by molar-refractivity contribution is 6.01. The molecule has 18 heavy (non-hydrogen) atoms. The van der Waals surface area contributed by atoms with Gasteiger partial charge in [-0.1, -0.05) is 6.07 Å². The molecule has 4 nitrogen and oxygen atoms in total. The largest absolute Gasteiger partial charge is 0.497 e. The molecule has 1 heterocycles. The highest BCUT2D eigenvalue weighted by atomic mass is 16.5. The number of anilines is 1. The number of nitrogens with one attached hydrogen (secondary N) is 1. The predicted octanol–water partition coefficient (Wildman–Crippen LogP) is 2.82. The molecule has 0 radical (unpaired) electrons. The number of aromatic amines is 1. The molecule has 1 aromatic heterocycles. The first kappa shape index (κ1) is 10.7. The normalized spacial score (nSPS) is 10.7. The molecular weight excluding hydrogens is 226 g/mol. The zero-order chi connectivity index (χ0) is 12.5. The van der Waals surface area contributed by atoms with Crippen LogP contribution in [-0.4, -0.2) is 17.3 Å². The summed E-state index contributed by atoms with van der Waals surface area (Å²) in [5.41, 5.74) is 9.56. The van der Waals surface area contributed by atoms with Crippen LogP contribution in [0.15, 0.2) is 42.5 Å². The van der Waals surface area contributed by atoms with Gasteiger partial charge in [-0.15, -0.1) is 0 Å². The molecule has 0 amide bonds. The number of hydrogen-bond donors (Lipinski definition) is 2. The molecule has 0 saturated carbocycles. The Hall–Kier alpha value is -2.49. The number of hydrogen-bond acceptors (Lipinski definition) is 3. The molecule has 0 spiro atoms. The molecule has 3 N–H and O–H groups in total. The number of benzene rings is 2. The average Bonchev–Trinajstić information content (AvgIpc) is 2.84. The van der Waals surface area contributed by atoms with Crippen molar-refractivity contribution >= 4 is 16.6 Å². The standard InChI is InChI=1S/C14H13N3O/c1-18-10-7-5-9(6-8-10)14-13-11(15)3-2-4-12(13)16-17-14/h2-8H,15H2,1H3,(H,16,17). The summed E-state index contributed by atoms with van der Waals surface area (Å²) in [6.07, 6.45) is 0. The molecule has 0 saturated heterocycles. The number of methoxy groups -OCH3 is 1. The van der Waals surface area contributed by atoms with Crippen molar-refractivity contribution in [2.24, 2.45) is 0 Å². The van der Waals surface area contributed by atoms with E-state index in [1.165, 1.54) is 0 Å². The zero-order valence-electron chi connectivity index (χ0n) is 9.97. The molecule has 2 aromatic carbocycles. The van der Waals surface area contributed by atoms with Crippen LogP contribution < -0.4 is 10.5 Å².